The molecule has 1 amide bonds. The first-order chi connectivity index (χ1) is 11.4. The molecule has 24 heavy (non-hydrogen) atoms. The Morgan fingerprint density at radius 2 is 2.00 bits per heavy atom. The largest absolute Gasteiger partial charge is 0.468 e. The van der Waals surface area contributed by atoms with Crippen LogP contribution < -0.4 is 10.5 Å². The molecule has 2 aromatic rings. The first-order valence-corrected chi connectivity index (χ1v) is 7.10. The van der Waals surface area contributed by atoms with Crippen LogP contribution in [-0.2, 0) is 6.42 Å². The lowest BCUT2D eigenvalue weighted by molar-refractivity contribution is -0.00215. The van der Waals surface area contributed by atoms with Gasteiger partial charge in [-0.2, -0.15) is 0 Å². The third-order valence-electron chi connectivity index (χ3n) is 3.78. The van der Waals surface area contributed by atoms with E-state index >= 15 is 0 Å². The Hall–Kier alpha value is -2.64. The van der Waals surface area contributed by atoms with Crippen molar-refractivity contribution in [3.05, 3.63) is 47.2 Å². The molecule has 1 unspecified atom stereocenters. The topological polar surface area (TPSA) is 65.2 Å². The summed E-state index contributed by atoms with van der Waals surface area (Å²) in [7, 11) is 0. The predicted octanol–water partition coefficient (Wildman–Crippen LogP) is 3.08. The Kier molecular flexibility index (Phi) is 4.13. The first-order valence-electron chi connectivity index (χ1n) is 7.10. The minimum atomic E-state index is -2.72. The molecule has 0 fully saturated rings. The number of ether oxygens (including phenoxy) is 1. The summed E-state index contributed by atoms with van der Waals surface area (Å²) in [6.45, 7) is 0. The molecule has 1 aliphatic rings. The highest BCUT2D eigenvalue weighted by Crippen LogP contribution is 2.37. The Labute approximate surface area is 134 Å². The summed E-state index contributed by atoms with van der Waals surface area (Å²) in [6.07, 6.45) is -3.91. The molecule has 0 radical (unpaired) electrons. The third-order valence-corrected chi connectivity index (χ3v) is 3.78. The number of amides is 1. The molecule has 126 valence electrons. The van der Waals surface area contributed by atoms with E-state index in [4.69, 9.17) is 10.5 Å². The van der Waals surface area contributed by atoms with Crippen LogP contribution in [0.1, 0.15) is 22.5 Å². The number of rotatable bonds is 3. The van der Waals surface area contributed by atoms with E-state index in [1.807, 2.05) is 0 Å². The van der Waals surface area contributed by atoms with Gasteiger partial charge in [-0.05, 0) is 36.6 Å². The standard InChI is InChI=1S/C16H12F4N2O2/c17-7-1-2-8(11(18)5-7)10-6-12(15(21)23)22-16-9(10)3-4-13(24-16)14(19)20/h1-2,5-6,13-14H,3-4H2,(H2,21,23). The van der Waals surface area contributed by atoms with E-state index in [0.29, 0.717) is 11.6 Å². The molecule has 1 atom stereocenters. The van der Waals surface area contributed by atoms with Crippen LogP contribution in [0.5, 0.6) is 5.88 Å². The van der Waals surface area contributed by atoms with Crippen molar-refractivity contribution in [1.82, 2.24) is 4.98 Å². The molecule has 1 aromatic heterocycles. The van der Waals surface area contributed by atoms with Gasteiger partial charge in [0.15, 0.2) is 6.10 Å². The zero-order valence-corrected chi connectivity index (χ0v) is 12.2. The Morgan fingerprint density at radius 1 is 1.25 bits per heavy atom. The maximum Gasteiger partial charge on any atom is 0.274 e. The van der Waals surface area contributed by atoms with Gasteiger partial charge >= 0.3 is 0 Å². The van der Waals surface area contributed by atoms with Crippen molar-refractivity contribution in [3.8, 4) is 17.0 Å². The van der Waals surface area contributed by atoms with Crippen molar-refractivity contribution in [2.75, 3.05) is 0 Å². The lowest BCUT2D eigenvalue weighted by Crippen LogP contribution is -2.31. The zero-order chi connectivity index (χ0) is 17.4. The zero-order valence-electron chi connectivity index (χ0n) is 12.2. The maximum absolute atomic E-state index is 14.1. The molecule has 0 bridgehead atoms. The molecular weight excluding hydrogens is 328 g/mol. The number of primary amides is 1. The van der Waals surface area contributed by atoms with Crippen molar-refractivity contribution >= 4 is 5.91 Å². The highest BCUT2D eigenvalue weighted by molar-refractivity contribution is 5.93. The van der Waals surface area contributed by atoms with Crippen LogP contribution in [0.3, 0.4) is 0 Å². The minimum Gasteiger partial charge on any atom is -0.468 e. The van der Waals surface area contributed by atoms with E-state index in [1.165, 1.54) is 12.1 Å². The molecule has 0 spiro atoms. The van der Waals surface area contributed by atoms with Crippen molar-refractivity contribution in [2.24, 2.45) is 5.73 Å². The second-order valence-electron chi connectivity index (χ2n) is 5.36. The number of nitrogens with two attached hydrogens (primary N) is 1. The Morgan fingerprint density at radius 3 is 2.62 bits per heavy atom. The van der Waals surface area contributed by atoms with Crippen molar-refractivity contribution in [3.63, 3.8) is 0 Å². The van der Waals surface area contributed by atoms with Crippen LogP contribution in [0.15, 0.2) is 24.3 Å². The number of hydrogen-bond donors (Lipinski definition) is 1. The van der Waals surface area contributed by atoms with Crippen LogP contribution in [0.25, 0.3) is 11.1 Å². The quantitative estimate of drug-likeness (QED) is 0.874. The summed E-state index contributed by atoms with van der Waals surface area (Å²) in [5, 5.41) is 0. The minimum absolute atomic E-state index is 0.0108. The molecule has 1 aliphatic heterocycles. The van der Waals surface area contributed by atoms with Crippen LogP contribution in [-0.4, -0.2) is 23.4 Å². The third kappa shape index (κ3) is 2.91. The number of nitrogens with zero attached hydrogens (tertiary/aromatic N) is 1. The summed E-state index contributed by atoms with van der Waals surface area (Å²) < 4.78 is 58.1. The number of hydrogen-bond acceptors (Lipinski definition) is 3. The van der Waals surface area contributed by atoms with Gasteiger partial charge in [0.2, 0.25) is 5.88 Å². The van der Waals surface area contributed by atoms with Gasteiger partial charge in [-0.25, -0.2) is 22.5 Å². The molecule has 0 aliphatic carbocycles. The summed E-state index contributed by atoms with van der Waals surface area (Å²) in [5.74, 6) is -2.70. The molecule has 1 aromatic carbocycles. The number of aromatic nitrogens is 1. The van der Waals surface area contributed by atoms with Gasteiger partial charge in [0.05, 0.1) is 0 Å². The van der Waals surface area contributed by atoms with Gasteiger partial charge < -0.3 is 10.5 Å². The molecule has 0 saturated carbocycles. The van der Waals surface area contributed by atoms with Crippen molar-refractivity contribution in [1.29, 1.82) is 0 Å². The number of pyridine rings is 1. The van der Waals surface area contributed by atoms with Gasteiger partial charge in [0.25, 0.3) is 12.3 Å². The van der Waals surface area contributed by atoms with Crippen LogP contribution >= 0.6 is 0 Å². The fourth-order valence-corrected chi connectivity index (χ4v) is 2.63. The number of fused-ring (bicyclic) bond motifs is 1. The molecule has 3 rings (SSSR count). The second-order valence-corrected chi connectivity index (χ2v) is 5.36. The van der Waals surface area contributed by atoms with Crippen molar-refractivity contribution < 1.29 is 27.1 Å². The number of benzene rings is 1. The number of carbonyl (C=O) groups excluding carboxylic acids is 1. The average molecular weight is 340 g/mol. The first kappa shape index (κ1) is 16.2. The predicted molar refractivity (Wildman–Crippen MR) is 76.8 cm³/mol. The van der Waals surface area contributed by atoms with E-state index in [-0.39, 0.29) is 35.5 Å². The van der Waals surface area contributed by atoms with Crippen molar-refractivity contribution in [2.45, 2.75) is 25.4 Å². The van der Waals surface area contributed by atoms with E-state index in [9.17, 15) is 22.4 Å². The summed E-state index contributed by atoms with van der Waals surface area (Å²) in [4.78, 5) is 15.3. The van der Waals surface area contributed by atoms with Crippen LogP contribution in [0, 0.1) is 11.6 Å². The second kappa shape index (κ2) is 6.10. The molecular formula is C16H12F4N2O2. The average Bonchev–Trinajstić information content (AvgIpc) is 2.53. The molecule has 2 heterocycles. The molecule has 0 saturated heterocycles. The Balaban J connectivity index is 2.17. The monoisotopic (exact) mass is 340 g/mol. The number of alkyl halides is 2. The fraction of sp³-hybridized carbons (Fsp3) is 0.250. The van der Waals surface area contributed by atoms with E-state index in [0.717, 1.165) is 6.07 Å². The van der Waals surface area contributed by atoms with Gasteiger partial charge in [0, 0.05) is 17.2 Å². The molecule has 2 N–H and O–H groups in total. The highest BCUT2D eigenvalue weighted by atomic mass is 19.3. The van der Waals surface area contributed by atoms with E-state index < -0.39 is 30.1 Å². The highest BCUT2D eigenvalue weighted by Gasteiger charge is 2.31. The summed E-state index contributed by atoms with van der Waals surface area (Å²) in [6, 6.07) is 4.20. The SMILES string of the molecule is NC(=O)c1cc(-c2ccc(F)cc2F)c2c(n1)OC(C(F)F)CC2. The lowest BCUT2D eigenvalue weighted by Gasteiger charge is -2.26. The van der Waals surface area contributed by atoms with Gasteiger partial charge in [-0.3, -0.25) is 4.79 Å². The normalized spacial score (nSPS) is 16.6. The van der Waals surface area contributed by atoms with E-state index in [1.54, 1.807) is 0 Å². The molecule has 4 nitrogen and oxygen atoms in total. The Bertz CT molecular complexity index is 811. The summed E-state index contributed by atoms with van der Waals surface area (Å²) >= 11 is 0. The summed E-state index contributed by atoms with van der Waals surface area (Å²) in [5.41, 5.74) is 5.55. The fourth-order valence-electron chi connectivity index (χ4n) is 2.63. The number of halogens is 4. The van der Waals surface area contributed by atoms with Crippen LogP contribution in [0.4, 0.5) is 17.6 Å². The lowest BCUT2D eigenvalue weighted by atomic mass is 9.94. The smallest absolute Gasteiger partial charge is 0.274 e. The molecule has 8 heteroatoms. The van der Waals surface area contributed by atoms with Crippen LogP contribution in [0.2, 0.25) is 0 Å². The van der Waals surface area contributed by atoms with E-state index in [2.05, 4.69) is 4.98 Å². The van der Waals surface area contributed by atoms with Gasteiger partial charge in [-0.15, -0.1) is 0 Å². The maximum atomic E-state index is 14.1. The number of carbonyl (C=O) groups is 1. The van der Waals surface area contributed by atoms with Gasteiger partial charge in [0.1, 0.15) is 17.3 Å². The van der Waals surface area contributed by atoms with Gasteiger partial charge in [-0.1, -0.05) is 0 Å².